The summed E-state index contributed by atoms with van der Waals surface area (Å²) in [5, 5.41) is 2.00. The van der Waals surface area contributed by atoms with Gasteiger partial charge in [-0.25, -0.2) is 0 Å². The molecule has 0 radical (unpaired) electrons. The predicted molar refractivity (Wildman–Crippen MR) is 134 cm³/mol. The Bertz CT molecular complexity index is 915. The molecule has 0 aliphatic heterocycles. The normalized spacial score (nSPS) is 11.4. The molecule has 0 spiro atoms. The van der Waals surface area contributed by atoms with Crippen molar-refractivity contribution in [3.8, 4) is 11.5 Å². The summed E-state index contributed by atoms with van der Waals surface area (Å²) in [7, 11) is 3.21. The Hall–Kier alpha value is -2.25. The van der Waals surface area contributed by atoms with Gasteiger partial charge in [0.2, 0.25) is 11.8 Å². The lowest BCUT2D eigenvalue weighted by Crippen LogP contribution is -2.50. The Kier molecular flexibility index (Phi) is 10.0. The number of carbonyl (C=O) groups is 2. The number of ether oxygens (including phenoxy) is 2. The number of benzene rings is 1. The van der Waals surface area contributed by atoms with Gasteiger partial charge in [-0.1, -0.05) is 12.1 Å². The largest absolute Gasteiger partial charge is 0.493 e. The molecule has 1 aromatic carbocycles. The van der Waals surface area contributed by atoms with Crippen molar-refractivity contribution in [3.63, 3.8) is 0 Å². The van der Waals surface area contributed by atoms with Crippen molar-refractivity contribution in [3.05, 3.63) is 46.2 Å². The van der Waals surface area contributed by atoms with E-state index in [2.05, 4.69) is 0 Å². The van der Waals surface area contributed by atoms with Gasteiger partial charge in [0.05, 0.1) is 26.2 Å². The number of hydrogen-bond acceptors (Lipinski definition) is 5. The maximum Gasteiger partial charge on any atom is 0.242 e. The molecule has 2 aromatic rings. The molecule has 0 saturated heterocycles. The molecule has 0 atom stereocenters. The molecule has 0 bridgehead atoms. The molecule has 0 saturated carbocycles. The molecule has 0 aliphatic rings. The highest BCUT2D eigenvalue weighted by Gasteiger charge is 2.34. The fourth-order valence-corrected chi connectivity index (χ4v) is 4.20. The van der Waals surface area contributed by atoms with Crippen molar-refractivity contribution in [2.75, 3.05) is 33.2 Å². The fraction of sp³-hybridized carbons (Fsp3) is 0.520. The van der Waals surface area contributed by atoms with E-state index in [9.17, 15) is 9.59 Å². The van der Waals surface area contributed by atoms with Crippen LogP contribution in [0.1, 0.15) is 38.1 Å². The van der Waals surface area contributed by atoms with Crippen molar-refractivity contribution in [2.45, 2.75) is 46.7 Å². The first-order valence-electron chi connectivity index (χ1n) is 11.0. The Morgan fingerprint density at radius 1 is 1.12 bits per heavy atom. The molecular formula is C25H35ClN2O4S. The Labute approximate surface area is 206 Å². The smallest absolute Gasteiger partial charge is 0.242 e. The van der Waals surface area contributed by atoms with Crippen LogP contribution < -0.4 is 9.47 Å². The van der Waals surface area contributed by atoms with Crippen molar-refractivity contribution in [2.24, 2.45) is 5.41 Å². The zero-order chi connectivity index (χ0) is 24.6. The first-order chi connectivity index (χ1) is 15.6. The number of rotatable bonds is 12. The molecule has 2 amide bonds. The van der Waals surface area contributed by atoms with E-state index in [1.165, 1.54) is 0 Å². The third-order valence-electron chi connectivity index (χ3n) is 5.50. The van der Waals surface area contributed by atoms with E-state index in [0.29, 0.717) is 31.0 Å². The molecule has 33 heavy (non-hydrogen) atoms. The molecule has 6 nitrogen and oxygen atoms in total. The molecule has 0 aliphatic carbocycles. The number of hydrogen-bond donors (Lipinski definition) is 0. The quantitative estimate of drug-likeness (QED) is 0.396. The van der Waals surface area contributed by atoms with Crippen LogP contribution in [0.5, 0.6) is 11.5 Å². The van der Waals surface area contributed by atoms with Gasteiger partial charge in [-0.05, 0) is 63.3 Å². The predicted octanol–water partition coefficient (Wildman–Crippen LogP) is 4.84. The lowest BCUT2D eigenvalue weighted by atomic mass is 9.93. The van der Waals surface area contributed by atoms with E-state index in [1.54, 1.807) is 30.5 Å². The first-order valence-corrected chi connectivity index (χ1v) is 12.4. The van der Waals surface area contributed by atoms with Gasteiger partial charge >= 0.3 is 0 Å². The monoisotopic (exact) mass is 494 g/mol. The number of methoxy groups -OCH3 is 2. The lowest BCUT2D eigenvalue weighted by molar-refractivity contribution is -0.147. The summed E-state index contributed by atoms with van der Waals surface area (Å²) in [5.41, 5.74) is 0.307. The van der Waals surface area contributed by atoms with Crippen LogP contribution in [0.2, 0.25) is 0 Å². The SMILES string of the molecule is COc1ccc(CCN(Cc2cccs2)C(=O)CN(C(=O)C(C)(C)CCl)C(C)C)cc1OC. The number of thiophene rings is 1. The molecule has 2 rings (SSSR count). The van der Waals surface area contributed by atoms with Crippen molar-refractivity contribution < 1.29 is 19.1 Å². The highest BCUT2D eigenvalue weighted by atomic mass is 35.5. The van der Waals surface area contributed by atoms with Crippen molar-refractivity contribution in [1.82, 2.24) is 9.80 Å². The second-order valence-corrected chi connectivity index (χ2v) is 10.2. The van der Waals surface area contributed by atoms with E-state index in [-0.39, 0.29) is 30.3 Å². The Morgan fingerprint density at radius 3 is 2.36 bits per heavy atom. The van der Waals surface area contributed by atoms with Gasteiger partial charge in [0.15, 0.2) is 11.5 Å². The van der Waals surface area contributed by atoms with E-state index >= 15 is 0 Å². The average molecular weight is 495 g/mol. The summed E-state index contributed by atoms with van der Waals surface area (Å²) in [5.74, 6) is 1.32. The minimum absolute atomic E-state index is 0.0220. The van der Waals surface area contributed by atoms with Crippen LogP contribution in [-0.4, -0.2) is 60.8 Å². The van der Waals surface area contributed by atoms with Gasteiger partial charge in [-0.15, -0.1) is 22.9 Å². The van der Waals surface area contributed by atoms with Crippen LogP contribution in [0, 0.1) is 5.41 Å². The lowest BCUT2D eigenvalue weighted by Gasteiger charge is -2.35. The third kappa shape index (κ3) is 7.37. The summed E-state index contributed by atoms with van der Waals surface area (Å²) in [4.78, 5) is 31.0. The standard InChI is InChI=1S/C25H35ClN2O4S/c1-18(2)28(24(30)25(3,4)17-26)16-23(29)27(15-20-8-7-13-33-20)12-11-19-9-10-21(31-5)22(14-19)32-6/h7-10,13-14,18H,11-12,15-17H2,1-6H3. The fourth-order valence-electron chi connectivity index (χ4n) is 3.36. The number of halogens is 1. The second kappa shape index (κ2) is 12.3. The second-order valence-electron chi connectivity index (χ2n) is 8.88. The van der Waals surface area contributed by atoms with Crippen LogP contribution >= 0.6 is 22.9 Å². The molecule has 1 heterocycles. The summed E-state index contributed by atoms with van der Waals surface area (Å²) in [6.07, 6.45) is 0.653. The first kappa shape index (κ1) is 27.0. The molecule has 0 fully saturated rings. The van der Waals surface area contributed by atoms with E-state index in [0.717, 1.165) is 10.4 Å². The topological polar surface area (TPSA) is 59.1 Å². The van der Waals surface area contributed by atoms with Gasteiger partial charge in [0, 0.05) is 23.3 Å². The summed E-state index contributed by atoms with van der Waals surface area (Å²) in [6.45, 7) is 8.50. The van der Waals surface area contributed by atoms with Gasteiger partial charge in [-0.3, -0.25) is 9.59 Å². The van der Waals surface area contributed by atoms with Crippen molar-refractivity contribution >= 4 is 34.8 Å². The highest BCUT2D eigenvalue weighted by Crippen LogP contribution is 2.28. The zero-order valence-corrected chi connectivity index (χ0v) is 22.0. The molecule has 0 unspecified atom stereocenters. The Morgan fingerprint density at radius 2 is 1.82 bits per heavy atom. The summed E-state index contributed by atoms with van der Waals surface area (Å²) in [6, 6.07) is 9.65. The maximum atomic E-state index is 13.4. The minimum atomic E-state index is -0.732. The molecule has 182 valence electrons. The van der Waals surface area contributed by atoms with Gasteiger partial charge < -0.3 is 19.3 Å². The molecular weight excluding hydrogens is 460 g/mol. The van der Waals surface area contributed by atoms with Crippen LogP contribution in [0.3, 0.4) is 0 Å². The van der Waals surface area contributed by atoms with Crippen LogP contribution in [0.4, 0.5) is 0 Å². The van der Waals surface area contributed by atoms with Crippen LogP contribution in [0.15, 0.2) is 35.7 Å². The van der Waals surface area contributed by atoms with Gasteiger partial charge in [-0.2, -0.15) is 0 Å². The molecule has 8 heteroatoms. The number of alkyl halides is 1. The summed E-state index contributed by atoms with van der Waals surface area (Å²) >= 11 is 7.65. The average Bonchev–Trinajstić information content (AvgIpc) is 3.32. The van der Waals surface area contributed by atoms with E-state index in [1.807, 2.05) is 68.3 Å². The zero-order valence-electron chi connectivity index (χ0n) is 20.4. The van der Waals surface area contributed by atoms with Gasteiger partial charge in [0.1, 0.15) is 6.54 Å². The van der Waals surface area contributed by atoms with E-state index < -0.39 is 5.41 Å². The number of nitrogens with zero attached hydrogens (tertiary/aromatic N) is 2. The van der Waals surface area contributed by atoms with Gasteiger partial charge in [0.25, 0.3) is 0 Å². The van der Waals surface area contributed by atoms with Crippen molar-refractivity contribution in [1.29, 1.82) is 0 Å². The molecule has 0 N–H and O–H groups in total. The number of carbonyl (C=O) groups excluding carboxylic acids is 2. The van der Waals surface area contributed by atoms with E-state index in [4.69, 9.17) is 21.1 Å². The third-order valence-corrected chi connectivity index (χ3v) is 7.03. The summed E-state index contributed by atoms with van der Waals surface area (Å²) < 4.78 is 10.7. The molecule has 1 aromatic heterocycles. The minimum Gasteiger partial charge on any atom is -0.493 e. The van der Waals surface area contributed by atoms with Crippen LogP contribution in [0.25, 0.3) is 0 Å². The maximum absolute atomic E-state index is 13.4. The Balaban J connectivity index is 2.20. The number of amides is 2. The highest BCUT2D eigenvalue weighted by molar-refractivity contribution is 7.09. The van der Waals surface area contributed by atoms with Crippen LogP contribution in [-0.2, 0) is 22.6 Å².